The number of nitrogens with one attached hydrogen (secondary N) is 2. The second kappa shape index (κ2) is 5.44. The Morgan fingerprint density at radius 2 is 1.87 bits per heavy atom. The third kappa shape index (κ3) is 2.26. The molecule has 4 rings (SSSR count). The van der Waals surface area contributed by atoms with Crippen LogP contribution in [-0.4, -0.2) is 29.0 Å². The largest absolute Gasteiger partial charge is 0.497 e. The zero-order valence-electron chi connectivity index (χ0n) is 12.7. The Morgan fingerprint density at radius 1 is 1.09 bits per heavy atom. The molecule has 2 aromatic carbocycles. The average molecular weight is 307 g/mol. The Labute approximate surface area is 133 Å². The van der Waals surface area contributed by atoms with E-state index in [-0.39, 0.29) is 6.04 Å². The van der Waals surface area contributed by atoms with Crippen molar-refractivity contribution in [2.45, 2.75) is 12.1 Å². The molecular weight excluding hydrogens is 290 g/mol. The number of aliphatic hydroxyl groups is 1. The van der Waals surface area contributed by atoms with Crippen LogP contribution in [0.1, 0.15) is 17.2 Å². The highest BCUT2D eigenvalue weighted by molar-refractivity contribution is 6.13. The fourth-order valence-electron chi connectivity index (χ4n) is 3.00. The molecule has 0 saturated heterocycles. The third-order valence-electron chi connectivity index (χ3n) is 4.26. The number of H-pyrrole nitrogens is 1. The van der Waals surface area contributed by atoms with Crippen LogP contribution in [0, 0.1) is 0 Å². The van der Waals surface area contributed by atoms with E-state index in [0.29, 0.717) is 5.71 Å². The number of benzene rings is 2. The number of para-hydroxylation sites is 1. The van der Waals surface area contributed by atoms with Gasteiger partial charge < -0.3 is 14.8 Å². The van der Waals surface area contributed by atoms with Gasteiger partial charge in [-0.15, -0.1) is 0 Å². The van der Waals surface area contributed by atoms with Gasteiger partial charge in [0, 0.05) is 22.7 Å². The molecule has 23 heavy (non-hydrogen) atoms. The van der Waals surface area contributed by atoms with Gasteiger partial charge in [-0.3, -0.25) is 5.43 Å². The van der Waals surface area contributed by atoms with Crippen molar-refractivity contribution in [2.75, 3.05) is 7.11 Å². The molecule has 0 aliphatic carbocycles. The topological polar surface area (TPSA) is 69.6 Å². The van der Waals surface area contributed by atoms with Crippen molar-refractivity contribution in [1.82, 2.24) is 10.4 Å². The number of nitrogens with zero attached hydrogens (tertiary/aromatic N) is 1. The van der Waals surface area contributed by atoms with Crippen molar-refractivity contribution >= 4 is 16.6 Å². The minimum Gasteiger partial charge on any atom is -0.497 e. The lowest BCUT2D eigenvalue weighted by Gasteiger charge is -2.16. The van der Waals surface area contributed by atoms with Crippen LogP contribution in [0.5, 0.6) is 5.75 Å². The van der Waals surface area contributed by atoms with E-state index in [9.17, 15) is 5.11 Å². The number of rotatable bonds is 3. The Morgan fingerprint density at radius 3 is 2.65 bits per heavy atom. The van der Waals surface area contributed by atoms with Gasteiger partial charge in [-0.1, -0.05) is 30.3 Å². The number of hydrogen-bond acceptors (Lipinski definition) is 4. The van der Waals surface area contributed by atoms with Gasteiger partial charge in [0.25, 0.3) is 0 Å². The van der Waals surface area contributed by atoms with Gasteiger partial charge in [0.2, 0.25) is 0 Å². The van der Waals surface area contributed by atoms with E-state index in [4.69, 9.17) is 4.74 Å². The van der Waals surface area contributed by atoms with E-state index >= 15 is 0 Å². The molecule has 3 aromatic rings. The molecule has 1 aromatic heterocycles. The molecule has 0 fully saturated rings. The molecule has 2 heterocycles. The summed E-state index contributed by atoms with van der Waals surface area (Å²) in [5.74, 6) is 0.791. The molecule has 5 nitrogen and oxygen atoms in total. The Hall–Kier alpha value is -2.79. The zero-order valence-corrected chi connectivity index (χ0v) is 12.7. The average Bonchev–Trinajstić information content (AvgIpc) is 3.18. The lowest BCUT2D eigenvalue weighted by molar-refractivity contribution is 0.207. The molecule has 0 bridgehead atoms. The maximum Gasteiger partial charge on any atom is 0.124 e. The normalized spacial score (nSPS) is 20.3. The number of hydrogen-bond donors (Lipinski definition) is 3. The van der Waals surface area contributed by atoms with Crippen LogP contribution in [0.25, 0.3) is 10.9 Å². The van der Waals surface area contributed by atoms with E-state index in [1.807, 2.05) is 54.7 Å². The van der Waals surface area contributed by atoms with Crippen molar-refractivity contribution in [3.8, 4) is 5.75 Å². The summed E-state index contributed by atoms with van der Waals surface area (Å²) in [6.45, 7) is 0. The van der Waals surface area contributed by atoms with Crippen LogP contribution >= 0.6 is 0 Å². The summed E-state index contributed by atoms with van der Waals surface area (Å²) in [6.07, 6.45) is 1.19. The smallest absolute Gasteiger partial charge is 0.124 e. The summed E-state index contributed by atoms with van der Waals surface area (Å²) in [5.41, 5.74) is 6.63. The van der Waals surface area contributed by atoms with Crippen LogP contribution in [0.4, 0.5) is 0 Å². The predicted molar refractivity (Wildman–Crippen MR) is 89.7 cm³/mol. The Balaban J connectivity index is 1.65. The van der Waals surface area contributed by atoms with Gasteiger partial charge >= 0.3 is 0 Å². The first kappa shape index (κ1) is 13.8. The summed E-state index contributed by atoms with van der Waals surface area (Å²) in [5, 5.41) is 16.2. The summed E-state index contributed by atoms with van der Waals surface area (Å²) in [4.78, 5) is 3.22. The number of aromatic nitrogens is 1. The predicted octanol–water partition coefficient (Wildman–Crippen LogP) is 2.59. The van der Waals surface area contributed by atoms with Gasteiger partial charge in [-0.25, -0.2) is 0 Å². The van der Waals surface area contributed by atoms with Crippen molar-refractivity contribution in [1.29, 1.82) is 0 Å². The SMILES string of the molecule is COc1ccc([C@@H]2NN=C(c3c[nH]c4ccccc34)[C@@H]2O)cc1. The zero-order chi connectivity index (χ0) is 15.8. The summed E-state index contributed by atoms with van der Waals surface area (Å²) in [7, 11) is 1.63. The minimum absolute atomic E-state index is 0.260. The van der Waals surface area contributed by atoms with E-state index < -0.39 is 6.10 Å². The fourth-order valence-corrected chi connectivity index (χ4v) is 3.00. The Bertz CT molecular complexity index is 867. The summed E-state index contributed by atoms with van der Waals surface area (Å²) >= 11 is 0. The van der Waals surface area contributed by atoms with Gasteiger partial charge in [0.05, 0.1) is 7.11 Å². The van der Waals surface area contributed by atoms with Gasteiger partial charge in [-0.2, -0.15) is 5.10 Å². The second-order valence-electron chi connectivity index (χ2n) is 5.57. The molecule has 0 unspecified atom stereocenters. The molecule has 3 N–H and O–H groups in total. The molecule has 2 atom stereocenters. The first-order chi connectivity index (χ1) is 11.3. The maximum atomic E-state index is 10.7. The number of aromatic amines is 1. The molecule has 5 heteroatoms. The first-order valence-electron chi connectivity index (χ1n) is 7.49. The molecule has 0 amide bonds. The van der Waals surface area contributed by atoms with E-state index in [1.165, 1.54) is 0 Å². The summed E-state index contributed by atoms with van der Waals surface area (Å²) < 4.78 is 5.17. The lowest BCUT2D eigenvalue weighted by Crippen LogP contribution is -2.27. The number of hydrazone groups is 1. The highest BCUT2D eigenvalue weighted by Gasteiger charge is 2.33. The lowest BCUT2D eigenvalue weighted by atomic mass is 9.96. The highest BCUT2D eigenvalue weighted by atomic mass is 16.5. The molecule has 116 valence electrons. The van der Waals surface area contributed by atoms with Gasteiger partial charge in [0.15, 0.2) is 0 Å². The standard InChI is InChI=1S/C18H17N3O2/c1-23-12-8-6-11(7-9-12)16-18(22)17(21-20-16)14-10-19-15-5-3-2-4-13(14)15/h2-10,16,18-20,22H,1H3/t16-,18+/m0/s1. The number of ether oxygens (including phenoxy) is 1. The van der Waals surface area contributed by atoms with Crippen LogP contribution < -0.4 is 10.2 Å². The van der Waals surface area contributed by atoms with Gasteiger partial charge in [0.1, 0.15) is 23.6 Å². The molecule has 1 aliphatic heterocycles. The van der Waals surface area contributed by atoms with Crippen molar-refractivity contribution < 1.29 is 9.84 Å². The third-order valence-corrected chi connectivity index (χ3v) is 4.26. The molecule has 0 spiro atoms. The maximum absolute atomic E-state index is 10.7. The van der Waals surface area contributed by atoms with Crippen molar-refractivity contribution in [3.05, 3.63) is 65.9 Å². The van der Waals surface area contributed by atoms with Crippen molar-refractivity contribution in [3.63, 3.8) is 0 Å². The van der Waals surface area contributed by atoms with Crippen LogP contribution in [0.3, 0.4) is 0 Å². The second-order valence-corrected chi connectivity index (χ2v) is 5.57. The highest BCUT2D eigenvalue weighted by Crippen LogP contribution is 2.29. The van der Waals surface area contributed by atoms with E-state index in [0.717, 1.165) is 27.8 Å². The molecule has 0 saturated carbocycles. The van der Waals surface area contributed by atoms with Gasteiger partial charge in [-0.05, 0) is 23.8 Å². The monoisotopic (exact) mass is 307 g/mol. The van der Waals surface area contributed by atoms with Crippen molar-refractivity contribution in [2.24, 2.45) is 5.10 Å². The number of fused-ring (bicyclic) bond motifs is 1. The fraction of sp³-hybridized carbons (Fsp3) is 0.167. The number of aliphatic hydroxyl groups excluding tert-OH is 1. The number of methoxy groups -OCH3 is 1. The van der Waals surface area contributed by atoms with E-state index in [1.54, 1.807) is 7.11 Å². The molecule has 1 aliphatic rings. The molecule has 0 radical (unpaired) electrons. The minimum atomic E-state index is -0.706. The van der Waals surface area contributed by atoms with E-state index in [2.05, 4.69) is 15.5 Å². The van der Waals surface area contributed by atoms with Crippen LogP contribution in [0.15, 0.2) is 59.8 Å². The quantitative estimate of drug-likeness (QED) is 0.696. The van der Waals surface area contributed by atoms with Crippen LogP contribution in [0.2, 0.25) is 0 Å². The van der Waals surface area contributed by atoms with Crippen LogP contribution in [-0.2, 0) is 0 Å². The Kier molecular flexibility index (Phi) is 3.28. The summed E-state index contributed by atoms with van der Waals surface area (Å²) in [6, 6.07) is 15.4. The first-order valence-corrected chi connectivity index (χ1v) is 7.49. The molecular formula is C18H17N3O2.